The molecule has 0 aliphatic carbocycles. The third-order valence-electron chi connectivity index (χ3n) is 6.58. The number of furan rings is 1. The number of aliphatic hydroxyl groups is 1. The van der Waals surface area contributed by atoms with E-state index < -0.39 is 23.5 Å². The summed E-state index contributed by atoms with van der Waals surface area (Å²) in [5, 5.41) is 20.8. The molecule has 1 N–H and O–H groups in total. The second-order valence-corrected chi connectivity index (χ2v) is 10.9. The van der Waals surface area contributed by atoms with Crippen LogP contribution in [-0.4, -0.2) is 47.8 Å². The van der Waals surface area contributed by atoms with Crippen LogP contribution >= 0.6 is 11.3 Å². The van der Waals surface area contributed by atoms with Crippen molar-refractivity contribution in [3.63, 3.8) is 0 Å². The molecule has 1 amide bonds. The molecule has 3 heterocycles. The number of fused-ring (bicyclic) bond motifs is 1. The number of Topliss-reactive ketones (excluding diaryl/α,β-unsaturated/α-hetero) is 1. The molecule has 2 aromatic carbocycles. The average Bonchev–Trinajstić information content (AvgIpc) is 3.64. The number of nitrogens with zero attached hydrogens (tertiary/aromatic N) is 3. The van der Waals surface area contributed by atoms with Crippen molar-refractivity contribution in [3.8, 4) is 17.2 Å². The Labute approximate surface area is 234 Å². The number of benzene rings is 2. The van der Waals surface area contributed by atoms with Gasteiger partial charge in [0, 0.05) is 5.39 Å². The van der Waals surface area contributed by atoms with Gasteiger partial charge in [-0.1, -0.05) is 43.4 Å². The molecular weight excluding hydrogens is 534 g/mol. The number of carbonyl (C=O) groups is 2. The van der Waals surface area contributed by atoms with Crippen LogP contribution in [0.2, 0.25) is 0 Å². The van der Waals surface area contributed by atoms with Gasteiger partial charge in [-0.25, -0.2) is 0 Å². The number of methoxy groups -OCH3 is 2. The summed E-state index contributed by atoms with van der Waals surface area (Å²) in [6.07, 6.45) is 0.865. The Morgan fingerprint density at radius 1 is 1.10 bits per heavy atom. The molecule has 4 aromatic rings. The van der Waals surface area contributed by atoms with Gasteiger partial charge in [0.25, 0.3) is 5.91 Å². The minimum Gasteiger partial charge on any atom is -0.503 e. The quantitative estimate of drug-likeness (QED) is 0.238. The van der Waals surface area contributed by atoms with Crippen molar-refractivity contribution in [2.45, 2.75) is 33.2 Å². The molecule has 0 spiro atoms. The van der Waals surface area contributed by atoms with E-state index in [0.717, 1.165) is 6.42 Å². The Kier molecular flexibility index (Phi) is 7.49. The van der Waals surface area contributed by atoms with Crippen molar-refractivity contribution in [1.82, 2.24) is 10.2 Å². The molecule has 0 bridgehead atoms. The van der Waals surface area contributed by atoms with Crippen molar-refractivity contribution in [1.29, 1.82) is 0 Å². The third-order valence-corrected chi connectivity index (χ3v) is 7.42. The van der Waals surface area contributed by atoms with Crippen LogP contribution in [0.25, 0.3) is 11.0 Å². The number of aliphatic hydroxyl groups excluding tert-OH is 1. The smallest absolute Gasteiger partial charge is 0.296 e. The number of hydrogen-bond donors (Lipinski definition) is 1. The number of anilines is 1. The Bertz CT molecular complexity index is 1620. The molecule has 1 atom stereocenters. The molecule has 40 heavy (non-hydrogen) atoms. The van der Waals surface area contributed by atoms with Gasteiger partial charge in [-0.3, -0.25) is 14.5 Å². The molecule has 0 saturated carbocycles. The summed E-state index contributed by atoms with van der Waals surface area (Å²) in [5.41, 5.74) is 0.747. The van der Waals surface area contributed by atoms with Crippen LogP contribution in [0.1, 0.15) is 47.4 Å². The number of ketones is 1. The van der Waals surface area contributed by atoms with E-state index in [2.05, 4.69) is 24.0 Å². The van der Waals surface area contributed by atoms with E-state index in [4.69, 9.17) is 18.6 Å². The van der Waals surface area contributed by atoms with Gasteiger partial charge in [-0.05, 0) is 49.1 Å². The average molecular weight is 564 g/mol. The molecule has 0 saturated heterocycles. The number of hydrogen-bond acceptors (Lipinski definition) is 10. The van der Waals surface area contributed by atoms with E-state index in [1.165, 1.54) is 30.5 Å². The number of aromatic nitrogens is 2. The van der Waals surface area contributed by atoms with E-state index in [9.17, 15) is 14.7 Å². The lowest BCUT2D eigenvalue weighted by atomic mass is 9.95. The zero-order valence-corrected chi connectivity index (χ0v) is 23.6. The first-order valence-electron chi connectivity index (χ1n) is 12.7. The molecule has 0 fully saturated rings. The first-order chi connectivity index (χ1) is 19.2. The molecule has 1 unspecified atom stereocenters. The van der Waals surface area contributed by atoms with Gasteiger partial charge in [0.05, 0.1) is 32.4 Å². The maximum Gasteiger partial charge on any atom is 0.296 e. The highest BCUT2D eigenvalue weighted by Gasteiger charge is 2.47. The zero-order valence-electron chi connectivity index (χ0n) is 22.8. The molecule has 10 nitrogen and oxygen atoms in total. The highest BCUT2D eigenvalue weighted by molar-refractivity contribution is 7.15. The maximum atomic E-state index is 13.9. The molecule has 5 rings (SSSR count). The van der Waals surface area contributed by atoms with Crippen molar-refractivity contribution in [2.24, 2.45) is 5.92 Å². The number of ether oxygens (including phenoxy) is 3. The fourth-order valence-corrected chi connectivity index (χ4v) is 5.27. The second-order valence-electron chi connectivity index (χ2n) is 9.70. The number of rotatable bonds is 10. The lowest BCUT2D eigenvalue weighted by Gasteiger charge is -2.24. The summed E-state index contributed by atoms with van der Waals surface area (Å²) >= 11 is 1.17. The Hall–Kier alpha value is -4.38. The van der Waals surface area contributed by atoms with E-state index >= 15 is 0 Å². The first-order valence-corrected chi connectivity index (χ1v) is 13.5. The Morgan fingerprint density at radius 2 is 1.88 bits per heavy atom. The largest absolute Gasteiger partial charge is 0.503 e. The third kappa shape index (κ3) is 4.88. The van der Waals surface area contributed by atoms with Crippen LogP contribution in [0.15, 0.2) is 58.2 Å². The fraction of sp³-hybridized carbons (Fsp3) is 0.310. The van der Waals surface area contributed by atoms with E-state index in [0.29, 0.717) is 51.3 Å². The van der Waals surface area contributed by atoms with Crippen LogP contribution in [-0.2, 0) is 4.79 Å². The number of aryl methyl sites for hydroxylation is 1. The monoisotopic (exact) mass is 563 g/mol. The predicted octanol–water partition coefficient (Wildman–Crippen LogP) is 5.82. The molecule has 11 heteroatoms. The van der Waals surface area contributed by atoms with Gasteiger partial charge in [0.2, 0.25) is 10.9 Å². The van der Waals surface area contributed by atoms with E-state index in [1.807, 2.05) is 0 Å². The van der Waals surface area contributed by atoms with Crippen LogP contribution in [0.4, 0.5) is 5.13 Å². The lowest BCUT2D eigenvalue weighted by Crippen LogP contribution is -2.31. The zero-order chi connectivity index (χ0) is 28.6. The number of amides is 1. The minimum atomic E-state index is -1.03. The summed E-state index contributed by atoms with van der Waals surface area (Å²) in [6, 6.07) is 11.0. The Balaban J connectivity index is 1.60. The van der Waals surface area contributed by atoms with Crippen molar-refractivity contribution >= 4 is 39.1 Å². The van der Waals surface area contributed by atoms with Crippen molar-refractivity contribution in [3.05, 3.63) is 70.1 Å². The first kappa shape index (κ1) is 27.2. The summed E-state index contributed by atoms with van der Waals surface area (Å²) in [5.74, 6) is -0.269. The highest BCUT2D eigenvalue weighted by Crippen LogP contribution is 2.45. The minimum absolute atomic E-state index is 0.0465. The molecular formula is C29H29N3O7S. The normalized spacial score (nSPS) is 15.4. The molecule has 2 aromatic heterocycles. The van der Waals surface area contributed by atoms with E-state index in [-0.39, 0.29) is 16.5 Å². The van der Waals surface area contributed by atoms with Gasteiger partial charge < -0.3 is 23.7 Å². The maximum absolute atomic E-state index is 13.9. The van der Waals surface area contributed by atoms with Crippen LogP contribution in [0, 0.1) is 12.8 Å². The standard InChI is InChI=1S/C29H29N3O7S/c1-15(2)11-12-38-19-10-9-17(13-21(19)37-5)24-23(26(34)28(35)32(24)29-31-30-16(3)40-29)25(33)22-14-18-7-6-8-20(36-4)27(18)39-22/h6-10,13-15,24,34H,11-12H2,1-5H3. The lowest BCUT2D eigenvalue weighted by molar-refractivity contribution is -0.117. The topological polar surface area (TPSA) is 124 Å². The van der Waals surface area contributed by atoms with Crippen LogP contribution in [0.3, 0.4) is 0 Å². The Morgan fingerprint density at radius 3 is 2.55 bits per heavy atom. The molecule has 0 radical (unpaired) electrons. The second kappa shape index (κ2) is 11.0. The van der Waals surface area contributed by atoms with Gasteiger partial charge in [0.15, 0.2) is 34.4 Å². The van der Waals surface area contributed by atoms with Gasteiger partial charge in [-0.15, -0.1) is 10.2 Å². The van der Waals surface area contributed by atoms with Crippen LogP contribution in [0.5, 0.6) is 17.2 Å². The van der Waals surface area contributed by atoms with Crippen molar-refractivity contribution < 1.29 is 33.3 Å². The predicted molar refractivity (Wildman–Crippen MR) is 150 cm³/mol. The van der Waals surface area contributed by atoms with Gasteiger partial charge in [-0.2, -0.15) is 0 Å². The van der Waals surface area contributed by atoms with Gasteiger partial charge in [0.1, 0.15) is 5.01 Å². The SMILES string of the molecule is COc1cc(C2C(C(=O)c3cc4cccc(OC)c4o3)=C(O)C(=O)N2c2nnc(C)s2)ccc1OCCC(C)C. The summed E-state index contributed by atoms with van der Waals surface area (Å²) in [6.45, 7) is 6.48. The summed E-state index contributed by atoms with van der Waals surface area (Å²) in [4.78, 5) is 28.7. The van der Waals surface area contributed by atoms with Gasteiger partial charge >= 0.3 is 0 Å². The number of para-hydroxylation sites is 1. The van der Waals surface area contributed by atoms with E-state index in [1.54, 1.807) is 49.4 Å². The summed E-state index contributed by atoms with van der Waals surface area (Å²) < 4.78 is 22.8. The molecule has 1 aliphatic heterocycles. The van der Waals surface area contributed by atoms with Crippen LogP contribution < -0.4 is 19.1 Å². The number of carbonyl (C=O) groups excluding carboxylic acids is 2. The summed E-state index contributed by atoms with van der Waals surface area (Å²) in [7, 11) is 3.02. The molecule has 1 aliphatic rings. The van der Waals surface area contributed by atoms with Crippen molar-refractivity contribution in [2.75, 3.05) is 25.7 Å². The fourth-order valence-electron chi connectivity index (χ4n) is 4.55. The molecule has 208 valence electrons. The highest BCUT2D eigenvalue weighted by atomic mass is 32.1.